The molecule has 0 spiro atoms. The Morgan fingerprint density at radius 3 is 2.41 bits per heavy atom. The van der Waals surface area contributed by atoms with Crippen molar-refractivity contribution >= 4 is 21.9 Å². The summed E-state index contributed by atoms with van der Waals surface area (Å²) in [6.07, 6.45) is -0.312. The number of likely N-dealkylation sites (tertiary alicyclic amines) is 1. The van der Waals surface area contributed by atoms with Crippen LogP contribution in [0.25, 0.3) is 0 Å². The summed E-state index contributed by atoms with van der Waals surface area (Å²) >= 11 is 0. The fourth-order valence-corrected chi connectivity index (χ4v) is 5.36. The molecule has 1 saturated heterocycles. The summed E-state index contributed by atoms with van der Waals surface area (Å²) in [5.41, 5.74) is -0.752. The lowest BCUT2D eigenvalue weighted by Crippen LogP contribution is -2.60. The first-order valence-electron chi connectivity index (χ1n) is 10.5. The molecule has 0 saturated carbocycles. The largest absolute Gasteiger partial charge is 0.481 e. The predicted molar refractivity (Wildman–Crippen MR) is 119 cm³/mol. The third-order valence-corrected chi connectivity index (χ3v) is 7.31. The van der Waals surface area contributed by atoms with Crippen LogP contribution >= 0.6 is 0 Å². The highest BCUT2D eigenvalue weighted by Crippen LogP contribution is 2.36. The highest BCUT2D eigenvalue weighted by molar-refractivity contribution is 7.93. The first kappa shape index (κ1) is 25.5. The third-order valence-electron chi connectivity index (χ3n) is 4.89. The zero-order valence-corrected chi connectivity index (χ0v) is 20.1. The molecule has 176 valence electrons. The topological polar surface area (TPSA) is 99.2 Å². The van der Waals surface area contributed by atoms with Gasteiger partial charge in [-0.25, -0.2) is 13.2 Å². The molecule has 1 amide bonds. The molecule has 0 unspecified atom stereocenters. The first-order chi connectivity index (χ1) is 15.0. The van der Waals surface area contributed by atoms with Gasteiger partial charge in [-0.1, -0.05) is 5.92 Å². The van der Waals surface area contributed by atoms with Crippen molar-refractivity contribution in [3.63, 3.8) is 0 Å². The van der Waals surface area contributed by atoms with Crippen molar-refractivity contribution in [2.75, 3.05) is 26.3 Å². The maximum absolute atomic E-state index is 13.7. The number of carbonyl (C=O) groups is 2. The van der Waals surface area contributed by atoms with Gasteiger partial charge in [0, 0.05) is 6.54 Å². The van der Waals surface area contributed by atoms with Crippen LogP contribution in [0.3, 0.4) is 0 Å². The molecule has 1 atom stereocenters. The number of carbonyl (C=O) groups excluding carboxylic acids is 2. The van der Waals surface area contributed by atoms with Gasteiger partial charge < -0.3 is 19.1 Å². The summed E-state index contributed by atoms with van der Waals surface area (Å²) in [7, 11) is -4.20. The number of esters is 1. The molecule has 2 rings (SSSR count). The molecule has 32 heavy (non-hydrogen) atoms. The summed E-state index contributed by atoms with van der Waals surface area (Å²) in [4.78, 5) is 26.9. The number of piperidine rings is 1. The Labute approximate surface area is 190 Å². The number of hydrogen-bond acceptors (Lipinski definition) is 7. The van der Waals surface area contributed by atoms with Crippen molar-refractivity contribution in [3.05, 3.63) is 24.3 Å². The number of nitrogens with zero attached hydrogens (tertiary/aromatic N) is 1. The first-order valence-corrected chi connectivity index (χ1v) is 12.0. The van der Waals surface area contributed by atoms with Crippen molar-refractivity contribution < 1.29 is 32.2 Å². The van der Waals surface area contributed by atoms with Gasteiger partial charge in [-0.2, -0.15) is 0 Å². The van der Waals surface area contributed by atoms with Gasteiger partial charge in [0.1, 0.15) is 18.0 Å². The second-order valence-corrected chi connectivity index (χ2v) is 10.7. The van der Waals surface area contributed by atoms with Gasteiger partial charge in [0.25, 0.3) is 0 Å². The van der Waals surface area contributed by atoms with Crippen molar-refractivity contribution in [1.29, 1.82) is 0 Å². The summed E-state index contributed by atoms with van der Waals surface area (Å²) in [6, 6.07) is 5.80. The number of rotatable bonds is 6. The van der Waals surface area contributed by atoms with E-state index < -0.39 is 32.2 Å². The van der Waals surface area contributed by atoms with E-state index in [1.807, 2.05) is 0 Å². The van der Waals surface area contributed by atoms with Crippen LogP contribution in [0.2, 0.25) is 0 Å². The van der Waals surface area contributed by atoms with Crippen LogP contribution < -0.4 is 4.74 Å². The molecule has 1 heterocycles. The maximum atomic E-state index is 13.7. The van der Waals surface area contributed by atoms with E-state index in [4.69, 9.17) is 14.2 Å². The zero-order valence-electron chi connectivity index (χ0n) is 19.3. The van der Waals surface area contributed by atoms with Crippen LogP contribution in [0, 0.1) is 11.8 Å². The Balaban J connectivity index is 2.41. The summed E-state index contributed by atoms with van der Waals surface area (Å²) in [5.74, 6) is 5.05. The summed E-state index contributed by atoms with van der Waals surface area (Å²) in [5, 5.41) is 0. The number of benzene rings is 1. The minimum Gasteiger partial charge on any atom is -0.481 e. The van der Waals surface area contributed by atoms with Gasteiger partial charge in [-0.3, -0.25) is 4.79 Å². The SMILES string of the molecule is CC#CCOc1ccc(S(=O)(=O)[C@@]2(C(=O)OCC)CCCN(C(=O)OC(C)(C)C)C2)cc1. The number of hydrogen-bond donors (Lipinski definition) is 0. The lowest BCUT2D eigenvalue weighted by atomic mass is 9.97. The van der Waals surface area contributed by atoms with E-state index in [0.717, 1.165) is 0 Å². The highest BCUT2D eigenvalue weighted by atomic mass is 32.2. The molecule has 8 nitrogen and oxygen atoms in total. The van der Waals surface area contributed by atoms with Crippen LogP contribution in [0.1, 0.15) is 47.5 Å². The third kappa shape index (κ3) is 5.74. The summed E-state index contributed by atoms with van der Waals surface area (Å²) < 4.78 is 41.5. The van der Waals surface area contributed by atoms with E-state index in [-0.39, 0.29) is 37.6 Å². The van der Waals surface area contributed by atoms with Gasteiger partial charge in [0.05, 0.1) is 18.0 Å². The smallest absolute Gasteiger partial charge is 0.410 e. The monoisotopic (exact) mass is 465 g/mol. The van der Waals surface area contributed by atoms with Crippen LogP contribution in [0.15, 0.2) is 29.2 Å². The molecule has 1 aliphatic rings. The van der Waals surface area contributed by atoms with Gasteiger partial charge in [0.2, 0.25) is 0 Å². The van der Waals surface area contributed by atoms with Crippen molar-refractivity contribution in [2.45, 2.75) is 62.7 Å². The number of ether oxygens (including phenoxy) is 3. The number of sulfone groups is 1. The molecule has 0 aromatic heterocycles. The van der Waals surface area contributed by atoms with E-state index in [1.54, 1.807) is 34.6 Å². The molecule has 1 aromatic rings. The standard InChI is InChI=1S/C23H31NO7S/c1-6-8-16-30-18-10-12-19(13-11-18)32(27,28)23(20(25)29-7-2)14-9-15-24(17-23)21(26)31-22(3,4)5/h10-13H,7,9,14-17H2,1-5H3/t23-/m0/s1. The Bertz CT molecular complexity index is 984. The lowest BCUT2D eigenvalue weighted by molar-refractivity contribution is -0.147. The van der Waals surface area contributed by atoms with Crippen molar-refractivity contribution in [3.8, 4) is 17.6 Å². The zero-order chi connectivity index (χ0) is 24.0. The van der Waals surface area contributed by atoms with Gasteiger partial charge in [-0.15, -0.1) is 5.92 Å². The minimum absolute atomic E-state index is 0.0216. The maximum Gasteiger partial charge on any atom is 0.410 e. The summed E-state index contributed by atoms with van der Waals surface area (Å²) in [6.45, 7) is 8.62. The lowest BCUT2D eigenvalue weighted by Gasteiger charge is -2.40. The van der Waals surface area contributed by atoms with E-state index in [1.165, 1.54) is 29.2 Å². The second kappa shape index (κ2) is 10.3. The molecule has 0 bridgehead atoms. The van der Waals surface area contributed by atoms with Crippen molar-refractivity contribution in [1.82, 2.24) is 4.90 Å². The van der Waals surface area contributed by atoms with Gasteiger partial charge in [0.15, 0.2) is 14.6 Å². The quantitative estimate of drug-likeness (QED) is 0.470. The number of amides is 1. The normalized spacial score (nSPS) is 18.8. The molecule has 1 aliphatic heterocycles. The minimum atomic E-state index is -4.20. The van der Waals surface area contributed by atoms with Crippen LogP contribution in [0.4, 0.5) is 4.79 Å². The molecule has 0 N–H and O–H groups in total. The van der Waals surface area contributed by atoms with Crippen molar-refractivity contribution in [2.24, 2.45) is 0 Å². The molecule has 0 aliphatic carbocycles. The fourth-order valence-electron chi connectivity index (χ4n) is 3.39. The average Bonchev–Trinajstić information content (AvgIpc) is 2.73. The molecule has 1 fully saturated rings. The van der Waals surface area contributed by atoms with Crippen LogP contribution in [-0.2, 0) is 24.1 Å². The molecular formula is C23H31NO7S. The Morgan fingerprint density at radius 2 is 1.84 bits per heavy atom. The second-order valence-electron chi connectivity index (χ2n) is 8.41. The van der Waals surface area contributed by atoms with E-state index in [9.17, 15) is 18.0 Å². The fraction of sp³-hybridized carbons (Fsp3) is 0.565. The Kier molecular flexibility index (Phi) is 8.18. The highest BCUT2D eigenvalue weighted by Gasteiger charge is 2.56. The predicted octanol–water partition coefficient (Wildman–Crippen LogP) is 3.20. The van der Waals surface area contributed by atoms with Crippen LogP contribution in [0.5, 0.6) is 5.75 Å². The Hall–Kier alpha value is -2.73. The van der Waals surface area contributed by atoms with Gasteiger partial charge in [-0.05, 0) is 71.7 Å². The van der Waals surface area contributed by atoms with E-state index in [0.29, 0.717) is 12.2 Å². The average molecular weight is 466 g/mol. The molecule has 1 aromatic carbocycles. The van der Waals surface area contributed by atoms with E-state index in [2.05, 4.69) is 11.8 Å². The van der Waals surface area contributed by atoms with Crippen LogP contribution in [-0.4, -0.2) is 62.0 Å². The van der Waals surface area contributed by atoms with Gasteiger partial charge >= 0.3 is 12.1 Å². The molecule has 0 radical (unpaired) electrons. The molecule has 9 heteroatoms. The Morgan fingerprint density at radius 1 is 1.19 bits per heavy atom. The molecular weight excluding hydrogens is 434 g/mol. The van der Waals surface area contributed by atoms with E-state index >= 15 is 0 Å².